The summed E-state index contributed by atoms with van der Waals surface area (Å²) in [6.45, 7) is 0.507. The second kappa shape index (κ2) is 5.55. The van der Waals surface area contributed by atoms with Crippen LogP contribution in [0.2, 0.25) is 5.02 Å². The van der Waals surface area contributed by atoms with E-state index in [1.807, 2.05) is 18.2 Å². The number of H-pyrrole nitrogens is 1. The van der Waals surface area contributed by atoms with Crippen molar-refractivity contribution < 1.29 is 4.74 Å². The van der Waals surface area contributed by atoms with E-state index in [0.717, 1.165) is 5.56 Å². The lowest BCUT2D eigenvalue weighted by atomic mass is 10.2. The molecule has 5 nitrogen and oxygen atoms in total. The zero-order valence-corrected chi connectivity index (χ0v) is 10.5. The van der Waals surface area contributed by atoms with Gasteiger partial charge in [0.15, 0.2) is 5.82 Å². The van der Waals surface area contributed by atoms with Gasteiger partial charge in [-0.25, -0.2) is 4.98 Å². The van der Waals surface area contributed by atoms with Crippen LogP contribution < -0.4 is 15.6 Å². The molecule has 0 radical (unpaired) electrons. The molecule has 0 spiro atoms. The zero-order valence-electron chi connectivity index (χ0n) is 9.74. The second-order valence-electron chi connectivity index (χ2n) is 3.60. The lowest BCUT2D eigenvalue weighted by molar-refractivity contribution is 0.408. The number of halogens is 1. The van der Waals surface area contributed by atoms with Gasteiger partial charge in [-0.1, -0.05) is 23.7 Å². The van der Waals surface area contributed by atoms with Gasteiger partial charge in [-0.2, -0.15) is 0 Å². The van der Waals surface area contributed by atoms with Crippen molar-refractivity contribution in [1.82, 2.24) is 9.97 Å². The molecule has 94 valence electrons. The number of nitrogens with one attached hydrogen (secondary N) is 2. The fourth-order valence-electron chi connectivity index (χ4n) is 1.54. The number of methoxy groups -OCH3 is 1. The van der Waals surface area contributed by atoms with E-state index in [2.05, 4.69) is 15.3 Å². The fourth-order valence-corrected chi connectivity index (χ4v) is 1.75. The molecule has 1 heterocycles. The Kier molecular flexibility index (Phi) is 3.84. The van der Waals surface area contributed by atoms with Crippen LogP contribution in [0.5, 0.6) is 5.75 Å². The lowest BCUT2D eigenvalue weighted by Crippen LogP contribution is -2.14. The Hall–Kier alpha value is -2.01. The molecule has 0 fully saturated rings. The normalized spacial score (nSPS) is 10.1. The standard InChI is InChI=1S/C12H12ClN3O2/c1-18-10-11(15-7-16-12(10)17)14-6-8-3-2-4-9(13)5-8/h2-5,7H,6H2,1H3,(H2,14,15,16,17). The maximum atomic E-state index is 11.5. The van der Waals surface area contributed by atoms with E-state index < -0.39 is 0 Å². The van der Waals surface area contributed by atoms with Gasteiger partial charge in [0.2, 0.25) is 5.75 Å². The van der Waals surface area contributed by atoms with E-state index in [1.54, 1.807) is 6.07 Å². The Balaban J connectivity index is 2.16. The molecule has 0 saturated carbocycles. The molecule has 0 unspecified atom stereocenters. The van der Waals surface area contributed by atoms with E-state index in [9.17, 15) is 4.79 Å². The third kappa shape index (κ3) is 2.81. The molecule has 2 N–H and O–H groups in total. The Labute approximate surface area is 109 Å². The molecule has 0 amide bonds. The molecule has 0 atom stereocenters. The molecule has 1 aromatic heterocycles. The summed E-state index contributed by atoms with van der Waals surface area (Å²) in [7, 11) is 1.43. The minimum Gasteiger partial charge on any atom is -0.489 e. The number of hydrogen-bond donors (Lipinski definition) is 2. The first-order valence-electron chi connectivity index (χ1n) is 5.30. The molecular formula is C12H12ClN3O2. The van der Waals surface area contributed by atoms with Crippen LogP contribution in [0.1, 0.15) is 5.56 Å². The Morgan fingerprint density at radius 1 is 1.50 bits per heavy atom. The summed E-state index contributed by atoms with van der Waals surface area (Å²) in [5.74, 6) is 0.570. The predicted octanol–water partition coefficient (Wildman–Crippen LogP) is 2.04. The maximum Gasteiger partial charge on any atom is 0.295 e. The van der Waals surface area contributed by atoms with Crippen molar-refractivity contribution in [2.75, 3.05) is 12.4 Å². The van der Waals surface area contributed by atoms with Crippen molar-refractivity contribution in [3.8, 4) is 5.75 Å². The van der Waals surface area contributed by atoms with Gasteiger partial charge in [-0.3, -0.25) is 4.79 Å². The van der Waals surface area contributed by atoms with Crippen LogP contribution in [0.15, 0.2) is 35.4 Å². The van der Waals surface area contributed by atoms with Crippen molar-refractivity contribution >= 4 is 17.4 Å². The highest BCUT2D eigenvalue weighted by atomic mass is 35.5. The Bertz CT molecular complexity index is 598. The van der Waals surface area contributed by atoms with Gasteiger partial charge in [0.1, 0.15) is 0 Å². The molecule has 0 saturated heterocycles. The van der Waals surface area contributed by atoms with E-state index in [-0.39, 0.29) is 11.3 Å². The number of benzene rings is 1. The first-order chi connectivity index (χ1) is 8.70. The first kappa shape index (κ1) is 12.4. The van der Waals surface area contributed by atoms with Crippen LogP contribution in [0, 0.1) is 0 Å². The van der Waals surface area contributed by atoms with Crippen LogP contribution in [0.4, 0.5) is 5.82 Å². The van der Waals surface area contributed by atoms with Crippen LogP contribution in [0.25, 0.3) is 0 Å². The van der Waals surface area contributed by atoms with E-state index in [4.69, 9.17) is 16.3 Å². The Morgan fingerprint density at radius 3 is 3.06 bits per heavy atom. The number of hydrogen-bond acceptors (Lipinski definition) is 4. The minimum atomic E-state index is -0.318. The number of rotatable bonds is 4. The topological polar surface area (TPSA) is 67.0 Å². The minimum absolute atomic E-state index is 0.166. The molecule has 0 aliphatic rings. The largest absolute Gasteiger partial charge is 0.489 e. The molecular weight excluding hydrogens is 254 g/mol. The SMILES string of the molecule is COc1c(NCc2cccc(Cl)c2)nc[nH]c1=O. The predicted molar refractivity (Wildman–Crippen MR) is 70.2 cm³/mol. The smallest absolute Gasteiger partial charge is 0.295 e. The number of aromatic nitrogens is 2. The summed E-state index contributed by atoms with van der Waals surface area (Å²) in [5.41, 5.74) is 0.674. The summed E-state index contributed by atoms with van der Waals surface area (Å²) in [6.07, 6.45) is 1.32. The van der Waals surface area contributed by atoms with Gasteiger partial charge in [0, 0.05) is 11.6 Å². The average molecular weight is 266 g/mol. The monoisotopic (exact) mass is 265 g/mol. The quantitative estimate of drug-likeness (QED) is 0.888. The Morgan fingerprint density at radius 2 is 2.33 bits per heavy atom. The molecule has 0 aliphatic heterocycles. The number of aromatic amines is 1. The second-order valence-corrected chi connectivity index (χ2v) is 4.03. The highest BCUT2D eigenvalue weighted by Crippen LogP contribution is 2.16. The summed E-state index contributed by atoms with van der Waals surface area (Å²) in [6, 6.07) is 7.44. The molecule has 0 aliphatic carbocycles. The zero-order chi connectivity index (χ0) is 13.0. The highest BCUT2D eigenvalue weighted by molar-refractivity contribution is 6.30. The lowest BCUT2D eigenvalue weighted by Gasteiger charge is -2.08. The van der Waals surface area contributed by atoms with Crippen molar-refractivity contribution in [3.05, 3.63) is 51.5 Å². The van der Waals surface area contributed by atoms with Gasteiger partial charge in [0.05, 0.1) is 13.4 Å². The molecule has 6 heteroatoms. The van der Waals surface area contributed by atoms with E-state index in [1.165, 1.54) is 13.4 Å². The molecule has 1 aromatic carbocycles. The van der Waals surface area contributed by atoms with Gasteiger partial charge >= 0.3 is 0 Å². The molecule has 2 aromatic rings. The molecule has 18 heavy (non-hydrogen) atoms. The van der Waals surface area contributed by atoms with Crippen molar-refractivity contribution in [2.24, 2.45) is 0 Å². The fraction of sp³-hybridized carbons (Fsp3) is 0.167. The van der Waals surface area contributed by atoms with Gasteiger partial charge in [-0.05, 0) is 17.7 Å². The number of nitrogens with zero attached hydrogens (tertiary/aromatic N) is 1. The average Bonchev–Trinajstić information content (AvgIpc) is 2.36. The number of ether oxygens (including phenoxy) is 1. The van der Waals surface area contributed by atoms with Crippen LogP contribution in [0.3, 0.4) is 0 Å². The van der Waals surface area contributed by atoms with Crippen molar-refractivity contribution in [2.45, 2.75) is 6.54 Å². The first-order valence-corrected chi connectivity index (χ1v) is 5.68. The van der Waals surface area contributed by atoms with Gasteiger partial charge < -0.3 is 15.0 Å². The van der Waals surface area contributed by atoms with Crippen LogP contribution >= 0.6 is 11.6 Å². The highest BCUT2D eigenvalue weighted by Gasteiger charge is 2.08. The van der Waals surface area contributed by atoms with Gasteiger partial charge in [-0.15, -0.1) is 0 Å². The van der Waals surface area contributed by atoms with Gasteiger partial charge in [0.25, 0.3) is 5.56 Å². The third-order valence-corrected chi connectivity index (χ3v) is 2.60. The van der Waals surface area contributed by atoms with Crippen LogP contribution in [-0.4, -0.2) is 17.1 Å². The summed E-state index contributed by atoms with van der Waals surface area (Å²) in [5, 5.41) is 3.70. The molecule has 0 bridgehead atoms. The summed E-state index contributed by atoms with van der Waals surface area (Å²) < 4.78 is 4.99. The van der Waals surface area contributed by atoms with E-state index in [0.29, 0.717) is 17.4 Å². The number of anilines is 1. The summed E-state index contributed by atoms with van der Waals surface area (Å²) >= 11 is 5.89. The van der Waals surface area contributed by atoms with Crippen molar-refractivity contribution in [1.29, 1.82) is 0 Å². The summed E-state index contributed by atoms with van der Waals surface area (Å²) in [4.78, 5) is 17.9. The van der Waals surface area contributed by atoms with Crippen LogP contribution in [-0.2, 0) is 6.54 Å². The molecule has 2 rings (SSSR count). The van der Waals surface area contributed by atoms with E-state index >= 15 is 0 Å². The van der Waals surface area contributed by atoms with Crippen molar-refractivity contribution in [3.63, 3.8) is 0 Å². The third-order valence-electron chi connectivity index (χ3n) is 2.36. The maximum absolute atomic E-state index is 11.5.